The Morgan fingerprint density at radius 3 is 2.53 bits per heavy atom. The molecular formula is C14H24N2O. The number of hydrogen-bond donors (Lipinski definition) is 2. The highest BCUT2D eigenvalue weighted by Gasteiger charge is 2.06. The molecule has 3 nitrogen and oxygen atoms in total. The summed E-state index contributed by atoms with van der Waals surface area (Å²) in [5.74, 6) is 1.48. The van der Waals surface area contributed by atoms with Crippen LogP contribution in [0.25, 0.3) is 0 Å². The molecular weight excluding hydrogens is 212 g/mol. The number of anilines is 2. The maximum absolute atomic E-state index is 5.78. The second-order valence-electron chi connectivity index (χ2n) is 4.97. The van der Waals surface area contributed by atoms with Crippen LogP contribution in [0.4, 0.5) is 11.4 Å². The van der Waals surface area contributed by atoms with E-state index < -0.39 is 0 Å². The van der Waals surface area contributed by atoms with E-state index in [1.165, 1.54) is 12.8 Å². The molecule has 0 saturated carbocycles. The van der Waals surface area contributed by atoms with Gasteiger partial charge >= 0.3 is 0 Å². The van der Waals surface area contributed by atoms with E-state index in [0.29, 0.717) is 11.7 Å². The van der Waals surface area contributed by atoms with Crippen molar-refractivity contribution < 1.29 is 4.74 Å². The first-order chi connectivity index (χ1) is 8.02. The van der Waals surface area contributed by atoms with E-state index in [2.05, 4.69) is 26.1 Å². The second kappa shape index (κ2) is 6.38. The van der Waals surface area contributed by atoms with E-state index in [1.54, 1.807) is 7.11 Å². The number of ether oxygens (including phenoxy) is 1. The molecule has 0 aliphatic heterocycles. The fraction of sp³-hybridized carbons (Fsp3) is 0.571. The molecule has 1 rings (SSSR count). The van der Waals surface area contributed by atoms with Crippen molar-refractivity contribution in [2.75, 3.05) is 18.2 Å². The van der Waals surface area contributed by atoms with Crippen LogP contribution in [0.2, 0.25) is 0 Å². The molecule has 3 N–H and O–H groups in total. The first-order valence-electron chi connectivity index (χ1n) is 6.23. The second-order valence-corrected chi connectivity index (χ2v) is 4.97. The first kappa shape index (κ1) is 13.7. The monoisotopic (exact) mass is 236 g/mol. The molecule has 1 aromatic carbocycles. The van der Waals surface area contributed by atoms with Crippen LogP contribution in [0.5, 0.6) is 5.75 Å². The normalized spacial score (nSPS) is 12.5. The zero-order valence-electron chi connectivity index (χ0n) is 11.3. The Balaban J connectivity index is 2.56. The molecule has 0 aromatic heterocycles. The highest BCUT2D eigenvalue weighted by Crippen LogP contribution is 2.25. The molecule has 0 aliphatic rings. The highest BCUT2D eigenvalue weighted by atomic mass is 16.5. The molecule has 0 fully saturated rings. The number of nitrogens with two attached hydrogens (primary N) is 1. The lowest BCUT2D eigenvalue weighted by Crippen LogP contribution is -2.15. The molecule has 0 saturated heterocycles. The Bertz CT molecular complexity index is 350. The minimum absolute atomic E-state index is 0.464. The van der Waals surface area contributed by atoms with Crippen molar-refractivity contribution in [3.8, 4) is 5.75 Å². The van der Waals surface area contributed by atoms with Crippen molar-refractivity contribution >= 4 is 11.4 Å². The fourth-order valence-corrected chi connectivity index (χ4v) is 1.74. The molecule has 0 bridgehead atoms. The van der Waals surface area contributed by atoms with Gasteiger partial charge in [0.05, 0.1) is 12.8 Å². The summed E-state index contributed by atoms with van der Waals surface area (Å²) < 4.78 is 5.20. The van der Waals surface area contributed by atoms with Crippen LogP contribution in [-0.4, -0.2) is 13.2 Å². The van der Waals surface area contributed by atoms with Gasteiger partial charge in [0.25, 0.3) is 0 Å². The minimum Gasteiger partial charge on any atom is -0.495 e. The molecule has 1 atom stereocenters. The molecule has 3 heteroatoms. The Morgan fingerprint density at radius 1 is 1.24 bits per heavy atom. The summed E-state index contributed by atoms with van der Waals surface area (Å²) in [7, 11) is 1.64. The standard InChI is InChI=1S/C14H24N2O/c1-10(2)5-6-11(3)16-12-7-8-13(15)14(9-12)17-4/h7-11,16H,5-6,15H2,1-4H3. The predicted octanol–water partition coefficient (Wildman–Crippen LogP) is 3.51. The lowest BCUT2D eigenvalue weighted by atomic mass is 10.0. The Kier molecular flexibility index (Phi) is 5.13. The van der Waals surface area contributed by atoms with Crippen LogP contribution in [0.3, 0.4) is 0 Å². The number of benzene rings is 1. The van der Waals surface area contributed by atoms with Gasteiger partial charge in [0.15, 0.2) is 0 Å². The van der Waals surface area contributed by atoms with E-state index in [0.717, 1.165) is 17.4 Å². The van der Waals surface area contributed by atoms with Gasteiger partial charge in [-0.3, -0.25) is 0 Å². The van der Waals surface area contributed by atoms with Crippen molar-refractivity contribution in [2.45, 2.75) is 39.7 Å². The number of hydrogen-bond acceptors (Lipinski definition) is 3. The average Bonchev–Trinajstić information content (AvgIpc) is 2.29. The van der Waals surface area contributed by atoms with Crippen LogP contribution in [0.15, 0.2) is 18.2 Å². The van der Waals surface area contributed by atoms with Crippen molar-refractivity contribution in [1.29, 1.82) is 0 Å². The van der Waals surface area contributed by atoms with Crippen LogP contribution >= 0.6 is 0 Å². The van der Waals surface area contributed by atoms with Gasteiger partial charge in [0, 0.05) is 17.8 Å². The molecule has 1 aromatic rings. The van der Waals surface area contributed by atoms with Crippen molar-refractivity contribution in [3.05, 3.63) is 18.2 Å². The number of nitrogens with one attached hydrogen (secondary N) is 1. The summed E-state index contributed by atoms with van der Waals surface area (Å²) >= 11 is 0. The lowest BCUT2D eigenvalue weighted by molar-refractivity contribution is 0.417. The summed E-state index contributed by atoms with van der Waals surface area (Å²) in [6.45, 7) is 6.70. The van der Waals surface area contributed by atoms with Crippen LogP contribution < -0.4 is 15.8 Å². The molecule has 0 heterocycles. The zero-order chi connectivity index (χ0) is 12.8. The zero-order valence-corrected chi connectivity index (χ0v) is 11.3. The topological polar surface area (TPSA) is 47.3 Å². The van der Waals surface area contributed by atoms with Gasteiger partial charge in [-0.25, -0.2) is 0 Å². The Labute approximate surface area is 104 Å². The number of rotatable bonds is 6. The summed E-state index contributed by atoms with van der Waals surface area (Å²) in [5, 5.41) is 3.46. The maximum atomic E-state index is 5.78. The van der Waals surface area contributed by atoms with Gasteiger partial charge in [-0.1, -0.05) is 13.8 Å². The first-order valence-corrected chi connectivity index (χ1v) is 6.23. The van der Waals surface area contributed by atoms with Gasteiger partial charge < -0.3 is 15.8 Å². The molecule has 0 amide bonds. The Morgan fingerprint density at radius 2 is 1.94 bits per heavy atom. The molecule has 0 spiro atoms. The highest BCUT2D eigenvalue weighted by molar-refractivity contribution is 5.61. The van der Waals surface area contributed by atoms with E-state index in [1.807, 2.05) is 18.2 Å². The smallest absolute Gasteiger partial charge is 0.143 e. The third-order valence-electron chi connectivity index (χ3n) is 2.82. The van der Waals surface area contributed by atoms with Crippen molar-refractivity contribution in [2.24, 2.45) is 5.92 Å². The van der Waals surface area contributed by atoms with E-state index in [4.69, 9.17) is 10.5 Å². The summed E-state index contributed by atoms with van der Waals surface area (Å²) in [6.07, 6.45) is 2.41. The number of methoxy groups -OCH3 is 1. The largest absolute Gasteiger partial charge is 0.495 e. The molecule has 0 radical (unpaired) electrons. The average molecular weight is 236 g/mol. The third-order valence-corrected chi connectivity index (χ3v) is 2.82. The quantitative estimate of drug-likeness (QED) is 0.743. The lowest BCUT2D eigenvalue weighted by Gasteiger charge is -2.17. The molecule has 17 heavy (non-hydrogen) atoms. The van der Waals surface area contributed by atoms with Crippen molar-refractivity contribution in [3.63, 3.8) is 0 Å². The molecule has 96 valence electrons. The van der Waals surface area contributed by atoms with Gasteiger partial charge in [-0.05, 0) is 37.8 Å². The van der Waals surface area contributed by atoms with Gasteiger partial charge in [0.2, 0.25) is 0 Å². The van der Waals surface area contributed by atoms with E-state index in [9.17, 15) is 0 Å². The summed E-state index contributed by atoms with van der Waals surface area (Å²) in [4.78, 5) is 0. The van der Waals surface area contributed by atoms with Gasteiger partial charge in [-0.2, -0.15) is 0 Å². The summed E-state index contributed by atoms with van der Waals surface area (Å²) in [6, 6.07) is 6.27. The maximum Gasteiger partial charge on any atom is 0.143 e. The minimum atomic E-state index is 0.464. The fourth-order valence-electron chi connectivity index (χ4n) is 1.74. The van der Waals surface area contributed by atoms with E-state index in [-0.39, 0.29) is 0 Å². The SMILES string of the molecule is COc1cc(NC(C)CCC(C)C)ccc1N. The van der Waals surface area contributed by atoms with Crippen LogP contribution in [0.1, 0.15) is 33.6 Å². The van der Waals surface area contributed by atoms with Crippen molar-refractivity contribution in [1.82, 2.24) is 0 Å². The van der Waals surface area contributed by atoms with Gasteiger partial charge in [0.1, 0.15) is 5.75 Å². The molecule has 0 aliphatic carbocycles. The Hall–Kier alpha value is -1.38. The van der Waals surface area contributed by atoms with Gasteiger partial charge in [-0.15, -0.1) is 0 Å². The van der Waals surface area contributed by atoms with E-state index >= 15 is 0 Å². The molecule has 1 unspecified atom stereocenters. The third kappa shape index (κ3) is 4.55. The van der Waals surface area contributed by atoms with Crippen LogP contribution in [-0.2, 0) is 0 Å². The summed E-state index contributed by atoms with van der Waals surface area (Å²) in [5.41, 5.74) is 7.51. The van der Waals surface area contributed by atoms with Crippen LogP contribution in [0, 0.1) is 5.92 Å². The number of nitrogen functional groups attached to an aromatic ring is 1. The predicted molar refractivity (Wildman–Crippen MR) is 74.6 cm³/mol.